The van der Waals surface area contributed by atoms with Gasteiger partial charge in [0.15, 0.2) is 6.04 Å². The molecule has 0 aliphatic heterocycles. The Labute approximate surface area is 216 Å². The summed E-state index contributed by atoms with van der Waals surface area (Å²) < 4.78 is 63.9. The van der Waals surface area contributed by atoms with Crippen LogP contribution in [0.2, 0.25) is 0 Å². The van der Waals surface area contributed by atoms with Gasteiger partial charge in [0.25, 0.3) is 0 Å². The second-order valence-electron chi connectivity index (χ2n) is 8.03. The molecule has 1 unspecified atom stereocenters. The van der Waals surface area contributed by atoms with E-state index in [9.17, 15) is 31.9 Å². The lowest BCUT2D eigenvalue weighted by Crippen LogP contribution is -2.57. The van der Waals surface area contributed by atoms with Gasteiger partial charge in [0, 0.05) is 0 Å². The van der Waals surface area contributed by atoms with E-state index in [1.165, 1.54) is 0 Å². The number of alkyl halides is 4. The highest BCUT2D eigenvalue weighted by atomic mass is 19.3. The van der Waals surface area contributed by atoms with E-state index in [1.54, 1.807) is 30.3 Å². The molecule has 2 aromatic rings. The maximum atomic E-state index is 12.8. The van der Waals surface area contributed by atoms with Crippen molar-refractivity contribution in [3.8, 4) is 0 Å². The predicted molar refractivity (Wildman–Crippen MR) is 127 cm³/mol. The first-order chi connectivity index (χ1) is 18.2. The number of amides is 2. The zero-order valence-electron chi connectivity index (χ0n) is 20.2. The first-order valence-electron chi connectivity index (χ1n) is 11.6. The molecule has 38 heavy (non-hydrogen) atoms. The number of hydrogen-bond donors (Lipinski definition) is 3. The number of benzene rings is 2. The van der Waals surface area contributed by atoms with E-state index in [-0.39, 0.29) is 13.0 Å². The van der Waals surface area contributed by atoms with Gasteiger partial charge >= 0.3 is 19.2 Å². The molecule has 0 bridgehead atoms. The van der Waals surface area contributed by atoms with E-state index in [1.807, 2.05) is 30.3 Å². The van der Waals surface area contributed by atoms with Crippen LogP contribution in [-0.2, 0) is 41.6 Å². The lowest BCUT2D eigenvalue weighted by Gasteiger charge is -2.23. The Kier molecular flexibility index (Phi) is 13.2. The number of hydrogen-bond acceptors (Lipinski definition) is 7. The molecule has 0 saturated carbocycles. The highest BCUT2D eigenvalue weighted by Crippen LogP contribution is 2.07. The van der Waals surface area contributed by atoms with E-state index < -0.39 is 62.3 Å². The van der Waals surface area contributed by atoms with Gasteiger partial charge in [0.1, 0.15) is 12.6 Å². The third kappa shape index (κ3) is 11.7. The molecule has 0 fully saturated rings. The van der Waals surface area contributed by atoms with E-state index in [4.69, 9.17) is 10.5 Å². The second kappa shape index (κ2) is 16.3. The van der Waals surface area contributed by atoms with Crippen molar-refractivity contribution in [2.75, 3.05) is 13.2 Å². The average Bonchev–Trinajstić information content (AvgIpc) is 2.91. The molecule has 0 aliphatic carbocycles. The number of rotatable bonds is 16. The Bertz CT molecular complexity index is 1000. The zero-order chi connectivity index (χ0) is 27.9. The number of carbonyl (C=O) groups is 3. The summed E-state index contributed by atoms with van der Waals surface area (Å²) in [7, 11) is 0. The fourth-order valence-electron chi connectivity index (χ4n) is 3.17. The number of halogens is 4. The summed E-state index contributed by atoms with van der Waals surface area (Å²) in [6.07, 6.45) is 0.608. The molecular formula is C25H29F4N3O6. The van der Waals surface area contributed by atoms with E-state index >= 15 is 0 Å². The van der Waals surface area contributed by atoms with Crippen molar-refractivity contribution < 1.29 is 46.2 Å². The molecule has 4 N–H and O–H groups in total. The zero-order valence-corrected chi connectivity index (χ0v) is 20.2. The van der Waals surface area contributed by atoms with Crippen molar-refractivity contribution in [1.29, 1.82) is 0 Å². The number of nitrogens with one attached hydrogen (secondary N) is 2. The topological polar surface area (TPSA) is 129 Å². The van der Waals surface area contributed by atoms with Crippen LogP contribution in [0.4, 0.5) is 17.6 Å². The molecule has 9 nitrogen and oxygen atoms in total. The van der Waals surface area contributed by atoms with E-state index in [0.717, 1.165) is 5.56 Å². The summed E-state index contributed by atoms with van der Waals surface area (Å²) in [5.41, 5.74) is 7.37. The molecule has 0 spiro atoms. The van der Waals surface area contributed by atoms with Crippen LogP contribution < -0.4 is 16.4 Å². The number of aryl methyl sites for hydroxylation is 1. The van der Waals surface area contributed by atoms with Crippen LogP contribution in [0.3, 0.4) is 0 Å². The maximum Gasteiger partial charge on any atom is 0.345 e. The van der Waals surface area contributed by atoms with Gasteiger partial charge in [-0.25, -0.2) is 4.79 Å². The standard InChI is InChI=1S/C25H29F4N3O6/c26-24(27)37-14-19(31-21(33)18(30)12-11-16-7-3-1-4-8-16)22(34)32-20(15-38-25(28)29)23(35)36-13-17-9-5-2-6-10-17/h1-10,18-20,24-25H,11-15,30H2,(H,31,33)(H,32,34)/t18-,19?,20-/m0/s1. The van der Waals surface area contributed by atoms with Crippen LogP contribution in [0.15, 0.2) is 60.7 Å². The van der Waals surface area contributed by atoms with Gasteiger partial charge in [-0.15, -0.1) is 0 Å². The predicted octanol–water partition coefficient (Wildman–Crippen LogP) is 2.14. The lowest BCUT2D eigenvalue weighted by molar-refractivity contribution is -0.163. The van der Waals surface area contributed by atoms with Crippen LogP contribution in [0.5, 0.6) is 0 Å². The SMILES string of the molecule is N[C@@H](CCc1ccccc1)C(=O)NC(COC(F)F)C(=O)N[C@@H](COC(F)F)C(=O)OCc1ccccc1. The average molecular weight is 544 g/mol. The molecule has 13 heteroatoms. The number of ether oxygens (including phenoxy) is 3. The lowest BCUT2D eigenvalue weighted by atomic mass is 10.0. The minimum atomic E-state index is -3.28. The van der Waals surface area contributed by atoms with Crippen LogP contribution in [0.25, 0.3) is 0 Å². The van der Waals surface area contributed by atoms with Crippen molar-refractivity contribution in [3.05, 3.63) is 71.8 Å². The van der Waals surface area contributed by atoms with E-state index in [2.05, 4.69) is 20.1 Å². The maximum absolute atomic E-state index is 12.8. The smallest absolute Gasteiger partial charge is 0.345 e. The van der Waals surface area contributed by atoms with Crippen molar-refractivity contribution in [2.24, 2.45) is 5.73 Å². The molecule has 0 saturated heterocycles. The molecule has 2 amide bonds. The molecule has 3 atom stereocenters. The molecule has 2 rings (SSSR count). The highest BCUT2D eigenvalue weighted by molar-refractivity contribution is 5.92. The van der Waals surface area contributed by atoms with Gasteiger partial charge in [0.2, 0.25) is 11.8 Å². The summed E-state index contributed by atoms with van der Waals surface area (Å²) in [5.74, 6) is -3.14. The molecule has 208 valence electrons. The van der Waals surface area contributed by atoms with Crippen LogP contribution in [0.1, 0.15) is 17.5 Å². The third-order valence-electron chi connectivity index (χ3n) is 5.16. The molecule has 0 heterocycles. The Balaban J connectivity index is 2.03. The highest BCUT2D eigenvalue weighted by Gasteiger charge is 2.30. The summed E-state index contributed by atoms with van der Waals surface area (Å²) in [6, 6.07) is 12.9. The first kappa shape index (κ1) is 30.7. The number of nitrogens with two attached hydrogens (primary N) is 1. The molecule has 0 aromatic heterocycles. The fraction of sp³-hybridized carbons (Fsp3) is 0.400. The largest absolute Gasteiger partial charge is 0.459 e. The van der Waals surface area contributed by atoms with Crippen molar-refractivity contribution in [1.82, 2.24) is 10.6 Å². The minimum absolute atomic E-state index is 0.177. The van der Waals surface area contributed by atoms with Gasteiger partial charge in [-0.05, 0) is 24.0 Å². The number of carbonyl (C=O) groups excluding carboxylic acids is 3. The Morgan fingerprint density at radius 2 is 1.24 bits per heavy atom. The van der Waals surface area contributed by atoms with Gasteiger partial charge < -0.3 is 30.6 Å². The molecule has 0 aliphatic rings. The van der Waals surface area contributed by atoms with E-state index in [0.29, 0.717) is 12.0 Å². The summed E-state index contributed by atoms with van der Waals surface area (Å²) in [4.78, 5) is 37.8. The normalized spacial score (nSPS) is 13.6. The van der Waals surface area contributed by atoms with Gasteiger partial charge in [-0.2, -0.15) is 17.6 Å². The van der Waals surface area contributed by atoms with Gasteiger partial charge in [-0.3, -0.25) is 9.59 Å². The monoisotopic (exact) mass is 543 g/mol. The molecule has 0 radical (unpaired) electrons. The van der Waals surface area contributed by atoms with Crippen LogP contribution in [-0.4, -0.2) is 62.3 Å². The third-order valence-corrected chi connectivity index (χ3v) is 5.16. The summed E-state index contributed by atoms with van der Waals surface area (Å²) in [5, 5.41) is 4.28. The number of esters is 1. The molecule has 2 aromatic carbocycles. The molecular weight excluding hydrogens is 514 g/mol. The fourth-order valence-corrected chi connectivity index (χ4v) is 3.17. The van der Waals surface area contributed by atoms with Crippen LogP contribution in [0, 0.1) is 0 Å². The summed E-state index contributed by atoms with van der Waals surface area (Å²) >= 11 is 0. The van der Waals surface area contributed by atoms with Crippen molar-refractivity contribution in [3.63, 3.8) is 0 Å². The Hall–Kier alpha value is -3.55. The van der Waals surface area contributed by atoms with Crippen LogP contribution >= 0.6 is 0 Å². The Morgan fingerprint density at radius 3 is 1.79 bits per heavy atom. The quantitative estimate of drug-likeness (QED) is 0.219. The van der Waals surface area contributed by atoms with Crippen molar-refractivity contribution in [2.45, 2.75) is 50.8 Å². The summed E-state index contributed by atoms with van der Waals surface area (Å²) in [6.45, 7) is -8.74. The minimum Gasteiger partial charge on any atom is -0.459 e. The first-order valence-corrected chi connectivity index (χ1v) is 11.6. The van der Waals surface area contributed by atoms with Gasteiger partial charge in [0.05, 0.1) is 19.3 Å². The second-order valence-corrected chi connectivity index (χ2v) is 8.03. The van der Waals surface area contributed by atoms with Crippen molar-refractivity contribution >= 4 is 17.8 Å². The Morgan fingerprint density at radius 1 is 0.737 bits per heavy atom. The van der Waals surface area contributed by atoms with Gasteiger partial charge in [-0.1, -0.05) is 60.7 Å².